The number of aromatic nitrogens is 2. The lowest BCUT2D eigenvalue weighted by molar-refractivity contribution is 0.0985. The Bertz CT molecular complexity index is 623. The van der Waals surface area contributed by atoms with Crippen LogP contribution in [0.3, 0.4) is 0 Å². The van der Waals surface area contributed by atoms with E-state index in [9.17, 15) is 4.79 Å². The van der Waals surface area contributed by atoms with Crippen LogP contribution in [0.15, 0.2) is 36.5 Å². The quantitative estimate of drug-likeness (QED) is 0.875. The second-order valence-electron chi connectivity index (χ2n) is 5.90. The molecule has 2 aromatic rings. The molecule has 1 aliphatic rings. The summed E-state index contributed by atoms with van der Waals surface area (Å²) in [6, 6.07) is 10.7. The van der Waals surface area contributed by atoms with Crippen molar-refractivity contribution in [3.8, 4) is 0 Å². The smallest absolute Gasteiger partial charge is 0.284 e. The van der Waals surface area contributed by atoms with Crippen molar-refractivity contribution in [3.05, 3.63) is 54.1 Å². The van der Waals surface area contributed by atoms with Crippen molar-refractivity contribution >= 4 is 5.91 Å². The molecule has 1 atom stereocenters. The van der Waals surface area contributed by atoms with Crippen LogP contribution in [0.2, 0.25) is 0 Å². The van der Waals surface area contributed by atoms with E-state index in [0.717, 1.165) is 32.6 Å². The fourth-order valence-corrected chi connectivity index (χ4v) is 3.13. The Hall–Kier alpha value is -2.14. The molecule has 5 heteroatoms. The Morgan fingerprint density at radius 1 is 1.32 bits per heavy atom. The van der Waals surface area contributed by atoms with Gasteiger partial charge in [-0.3, -0.25) is 4.79 Å². The van der Waals surface area contributed by atoms with E-state index in [4.69, 9.17) is 5.73 Å². The van der Waals surface area contributed by atoms with E-state index >= 15 is 0 Å². The third kappa shape index (κ3) is 3.54. The molecule has 1 aliphatic heterocycles. The van der Waals surface area contributed by atoms with Gasteiger partial charge in [-0.05, 0) is 30.9 Å². The standard InChI is InChI=1S/C17H21N4O/c18-16(22)17-19-7-9-21(17)11-10-20-8-6-15(13-20)12-14-4-2-1-3-5-14/h1-5,9,15H,6,8,10-13H2,(H2,18,22). The number of nitrogens with zero attached hydrogens (tertiary/aromatic N) is 3. The van der Waals surface area contributed by atoms with E-state index in [1.54, 1.807) is 10.8 Å². The molecule has 1 saturated heterocycles. The van der Waals surface area contributed by atoms with Gasteiger partial charge in [0.25, 0.3) is 5.91 Å². The van der Waals surface area contributed by atoms with Gasteiger partial charge in [-0.15, -0.1) is 0 Å². The van der Waals surface area contributed by atoms with E-state index in [1.807, 2.05) is 0 Å². The first-order chi connectivity index (χ1) is 10.7. The van der Waals surface area contributed by atoms with Crippen molar-refractivity contribution in [1.82, 2.24) is 14.5 Å². The van der Waals surface area contributed by atoms with Crippen LogP contribution in [0.5, 0.6) is 0 Å². The molecule has 0 saturated carbocycles. The van der Waals surface area contributed by atoms with Gasteiger partial charge in [0.05, 0.1) is 0 Å². The molecule has 1 aromatic heterocycles. The Labute approximate surface area is 130 Å². The van der Waals surface area contributed by atoms with Crippen molar-refractivity contribution in [1.29, 1.82) is 0 Å². The number of primary amides is 1. The number of rotatable bonds is 6. The number of carbonyl (C=O) groups excluding carboxylic acids is 1. The first-order valence-corrected chi connectivity index (χ1v) is 7.71. The summed E-state index contributed by atoms with van der Waals surface area (Å²) in [5.41, 5.74) is 6.71. The summed E-state index contributed by atoms with van der Waals surface area (Å²) in [4.78, 5) is 17.6. The van der Waals surface area contributed by atoms with E-state index in [1.165, 1.54) is 12.0 Å². The summed E-state index contributed by atoms with van der Waals surface area (Å²) >= 11 is 0. The lowest BCUT2D eigenvalue weighted by Crippen LogP contribution is -2.27. The van der Waals surface area contributed by atoms with Crippen molar-refractivity contribution in [3.63, 3.8) is 0 Å². The van der Waals surface area contributed by atoms with Gasteiger partial charge in [0, 0.05) is 25.8 Å². The van der Waals surface area contributed by atoms with Gasteiger partial charge in [0.1, 0.15) is 6.20 Å². The number of imidazole rings is 1. The Kier molecular flexibility index (Phi) is 4.53. The first-order valence-electron chi connectivity index (χ1n) is 7.71. The molecule has 1 radical (unpaired) electrons. The zero-order valence-corrected chi connectivity index (χ0v) is 12.6. The third-order valence-electron chi connectivity index (χ3n) is 4.27. The summed E-state index contributed by atoms with van der Waals surface area (Å²) in [6.07, 6.45) is 6.75. The van der Waals surface area contributed by atoms with Crippen molar-refractivity contribution in [2.45, 2.75) is 19.4 Å². The maximum Gasteiger partial charge on any atom is 0.284 e. The predicted molar refractivity (Wildman–Crippen MR) is 84.3 cm³/mol. The average molecular weight is 297 g/mol. The summed E-state index contributed by atoms with van der Waals surface area (Å²) in [5.74, 6) is 0.511. The van der Waals surface area contributed by atoms with Crippen LogP contribution < -0.4 is 5.73 Å². The topological polar surface area (TPSA) is 64.2 Å². The molecule has 0 aliphatic carbocycles. The zero-order chi connectivity index (χ0) is 15.4. The minimum atomic E-state index is -0.496. The second kappa shape index (κ2) is 6.75. The average Bonchev–Trinajstić information content (AvgIpc) is 3.15. The van der Waals surface area contributed by atoms with Gasteiger partial charge in [0.15, 0.2) is 5.82 Å². The molecule has 22 heavy (non-hydrogen) atoms. The number of nitrogens with two attached hydrogens (primary N) is 1. The summed E-state index contributed by atoms with van der Waals surface area (Å²) in [7, 11) is 0. The minimum Gasteiger partial charge on any atom is -0.363 e. The highest BCUT2D eigenvalue weighted by atomic mass is 16.1. The van der Waals surface area contributed by atoms with Crippen LogP contribution in [0.25, 0.3) is 0 Å². The summed E-state index contributed by atoms with van der Waals surface area (Å²) in [6.45, 7) is 3.86. The van der Waals surface area contributed by atoms with Gasteiger partial charge < -0.3 is 15.2 Å². The third-order valence-corrected chi connectivity index (χ3v) is 4.27. The highest BCUT2D eigenvalue weighted by Crippen LogP contribution is 2.20. The van der Waals surface area contributed by atoms with Gasteiger partial charge in [-0.25, -0.2) is 4.98 Å². The minimum absolute atomic E-state index is 0.292. The van der Waals surface area contributed by atoms with Crippen LogP contribution in [0, 0.1) is 12.1 Å². The molecule has 1 unspecified atom stereocenters. The highest BCUT2D eigenvalue weighted by molar-refractivity contribution is 5.89. The largest absolute Gasteiger partial charge is 0.363 e. The fourth-order valence-electron chi connectivity index (χ4n) is 3.13. The second-order valence-corrected chi connectivity index (χ2v) is 5.90. The molecular formula is C17H21N4O. The van der Waals surface area contributed by atoms with E-state index in [0.29, 0.717) is 11.7 Å². The molecule has 3 rings (SSSR count). The maximum absolute atomic E-state index is 11.2. The number of amides is 1. The number of hydrogen-bond donors (Lipinski definition) is 1. The van der Waals surface area contributed by atoms with Gasteiger partial charge in [-0.2, -0.15) is 0 Å². The molecule has 115 valence electrons. The van der Waals surface area contributed by atoms with E-state index < -0.39 is 5.91 Å². The first kappa shape index (κ1) is 14.8. The lowest BCUT2D eigenvalue weighted by Gasteiger charge is -2.17. The predicted octanol–water partition coefficient (Wildman–Crippen LogP) is 1.35. The zero-order valence-electron chi connectivity index (χ0n) is 12.6. The van der Waals surface area contributed by atoms with Crippen molar-refractivity contribution in [2.24, 2.45) is 11.7 Å². The number of benzene rings is 1. The molecule has 1 fully saturated rings. The van der Waals surface area contributed by atoms with Crippen LogP contribution in [-0.4, -0.2) is 40.0 Å². The lowest BCUT2D eigenvalue weighted by atomic mass is 9.99. The van der Waals surface area contributed by atoms with Crippen LogP contribution in [-0.2, 0) is 13.0 Å². The van der Waals surface area contributed by atoms with E-state index in [-0.39, 0.29) is 0 Å². The molecule has 1 amide bonds. The van der Waals surface area contributed by atoms with Gasteiger partial charge >= 0.3 is 0 Å². The Morgan fingerprint density at radius 3 is 2.91 bits per heavy atom. The van der Waals surface area contributed by atoms with Crippen molar-refractivity contribution < 1.29 is 4.79 Å². The Morgan fingerprint density at radius 2 is 2.14 bits per heavy atom. The molecule has 5 nitrogen and oxygen atoms in total. The maximum atomic E-state index is 11.2. The van der Waals surface area contributed by atoms with Gasteiger partial charge in [0.2, 0.25) is 0 Å². The number of likely N-dealkylation sites (tertiary alicyclic amines) is 1. The normalized spacial score (nSPS) is 18.6. The number of hydrogen-bond acceptors (Lipinski definition) is 3. The van der Waals surface area contributed by atoms with E-state index in [2.05, 4.69) is 46.4 Å². The molecule has 0 spiro atoms. The summed E-state index contributed by atoms with van der Waals surface area (Å²) in [5, 5.41) is 0. The van der Waals surface area contributed by atoms with Crippen LogP contribution in [0.4, 0.5) is 0 Å². The SMILES string of the molecule is NC(=O)c1n[c]cn1CCN1CCC(Cc2ccccc2)C1. The highest BCUT2D eigenvalue weighted by Gasteiger charge is 2.22. The summed E-state index contributed by atoms with van der Waals surface area (Å²) < 4.78 is 1.78. The monoisotopic (exact) mass is 297 g/mol. The molecule has 2 N–H and O–H groups in total. The number of carbonyl (C=O) groups is 1. The van der Waals surface area contributed by atoms with Crippen LogP contribution in [0.1, 0.15) is 22.6 Å². The fraction of sp³-hybridized carbons (Fsp3) is 0.412. The van der Waals surface area contributed by atoms with Crippen LogP contribution >= 0.6 is 0 Å². The Balaban J connectivity index is 1.49. The molecule has 0 bridgehead atoms. The molecule has 1 aromatic carbocycles. The van der Waals surface area contributed by atoms with Crippen molar-refractivity contribution in [2.75, 3.05) is 19.6 Å². The molecule has 2 heterocycles. The molecular weight excluding hydrogens is 276 g/mol. The van der Waals surface area contributed by atoms with Gasteiger partial charge in [-0.1, -0.05) is 30.3 Å².